The summed E-state index contributed by atoms with van der Waals surface area (Å²) < 4.78 is 5.31. The summed E-state index contributed by atoms with van der Waals surface area (Å²) >= 11 is 2.72. The van der Waals surface area contributed by atoms with Crippen molar-refractivity contribution >= 4 is 39.6 Å². The number of ether oxygens (including phenoxy) is 1. The molecule has 0 fully saturated rings. The van der Waals surface area contributed by atoms with Gasteiger partial charge in [-0.2, -0.15) is 5.26 Å². The normalized spacial score (nSPS) is 17.2. The molecule has 3 rings (SSSR count). The molecule has 5 nitrogen and oxygen atoms in total. The van der Waals surface area contributed by atoms with E-state index in [1.54, 1.807) is 11.4 Å². The minimum Gasteiger partial charge on any atom is -0.448 e. The van der Waals surface area contributed by atoms with Crippen molar-refractivity contribution in [3.05, 3.63) is 38.4 Å². The number of fused-ring (bicyclic) bond motifs is 1. The molecule has 0 aliphatic heterocycles. The third kappa shape index (κ3) is 3.91. The molecule has 2 aromatic heterocycles. The van der Waals surface area contributed by atoms with Crippen molar-refractivity contribution in [3.8, 4) is 6.07 Å². The molecule has 1 N–H and O–H groups in total. The molecule has 0 saturated carbocycles. The largest absolute Gasteiger partial charge is 0.448 e. The molecule has 2 aromatic rings. The predicted octanol–water partition coefficient (Wildman–Crippen LogP) is 3.99. The molecule has 0 bridgehead atoms. The summed E-state index contributed by atoms with van der Waals surface area (Å²) in [5.41, 5.74) is 1.63. The van der Waals surface area contributed by atoms with Gasteiger partial charge in [-0.25, -0.2) is 4.79 Å². The maximum Gasteiger partial charge on any atom is 0.349 e. The van der Waals surface area contributed by atoms with Gasteiger partial charge in [-0.15, -0.1) is 22.7 Å². The average molecular weight is 374 g/mol. The molecule has 2 atom stereocenters. The number of esters is 1. The molecule has 0 saturated heterocycles. The van der Waals surface area contributed by atoms with Gasteiger partial charge in [0.15, 0.2) is 6.10 Å². The van der Waals surface area contributed by atoms with Crippen LogP contribution in [0.25, 0.3) is 0 Å². The number of rotatable bonds is 4. The number of thiophene rings is 2. The van der Waals surface area contributed by atoms with Gasteiger partial charge in [0.05, 0.1) is 5.56 Å². The lowest BCUT2D eigenvalue weighted by Crippen LogP contribution is -2.29. The second-order valence-electron chi connectivity index (χ2n) is 6.22. The highest BCUT2D eigenvalue weighted by Crippen LogP contribution is 2.32. The third-order valence-corrected chi connectivity index (χ3v) is 6.25. The number of hydrogen-bond acceptors (Lipinski definition) is 6. The maximum atomic E-state index is 12.3. The first-order chi connectivity index (χ1) is 12.0. The highest BCUT2D eigenvalue weighted by atomic mass is 32.1. The van der Waals surface area contributed by atoms with Gasteiger partial charge in [0, 0.05) is 4.88 Å². The number of amides is 1. The zero-order valence-corrected chi connectivity index (χ0v) is 15.6. The number of anilines is 1. The van der Waals surface area contributed by atoms with Crippen LogP contribution in [0.2, 0.25) is 0 Å². The Hall–Kier alpha value is -2.17. The van der Waals surface area contributed by atoms with Crippen molar-refractivity contribution in [1.29, 1.82) is 5.26 Å². The fourth-order valence-corrected chi connectivity index (χ4v) is 4.62. The molecular weight excluding hydrogens is 356 g/mol. The first-order valence-corrected chi connectivity index (χ1v) is 9.78. The number of carbonyl (C=O) groups is 2. The van der Waals surface area contributed by atoms with Crippen molar-refractivity contribution < 1.29 is 14.3 Å². The average Bonchev–Trinajstić information content (AvgIpc) is 3.20. The summed E-state index contributed by atoms with van der Waals surface area (Å²) in [6, 6.07) is 5.54. The van der Waals surface area contributed by atoms with E-state index in [0.29, 0.717) is 21.4 Å². The van der Waals surface area contributed by atoms with E-state index < -0.39 is 18.0 Å². The van der Waals surface area contributed by atoms with Gasteiger partial charge in [-0.3, -0.25) is 4.79 Å². The Kier molecular flexibility index (Phi) is 5.21. The van der Waals surface area contributed by atoms with Gasteiger partial charge in [-0.1, -0.05) is 6.92 Å². The molecule has 7 heteroatoms. The number of hydrogen-bond donors (Lipinski definition) is 1. The number of nitrogens with one attached hydrogen (secondary N) is 1. The van der Waals surface area contributed by atoms with Crippen LogP contribution in [0.15, 0.2) is 17.5 Å². The molecule has 1 aliphatic rings. The Bertz CT molecular complexity index is 847. The molecule has 0 radical (unpaired) electrons. The molecule has 130 valence electrons. The van der Waals surface area contributed by atoms with E-state index in [4.69, 9.17) is 10.00 Å². The van der Waals surface area contributed by atoms with Crippen LogP contribution in [0.3, 0.4) is 0 Å². The summed E-state index contributed by atoms with van der Waals surface area (Å²) in [7, 11) is 0. The van der Waals surface area contributed by atoms with Crippen molar-refractivity contribution in [1.82, 2.24) is 0 Å². The highest BCUT2D eigenvalue weighted by molar-refractivity contribution is 7.14. The first kappa shape index (κ1) is 17.6. The number of carbonyl (C=O) groups excluding carboxylic acids is 2. The van der Waals surface area contributed by atoms with E-state index in [0.717, 1.165) is 19.3 Å². The lowest BCUT2D eigenvalue weighted by molar-refractivity contribution is -0.123. The Morgan fingerprint density at radius 1 is 1.48 bits per heavy atom. The summed E-state index contributed by atoms with van der Waals surface area (Å²) in [5.74, 6) is -0.278. The molecule has 25 heavy (non-hydrogen) atoms. The van der Waals surface area contributed by atoms with Crippen LogP contribution in [0, 0.1) is 17.2 Å². The lowest BCUT2D eigenvalue weighted by atomic mass is 9.90. The topological polar surface area (TPSA) is 79.2 Å². The van der Waals surface area contributed by atoms with E-state index in [1.807, 2.05) is 12.1 Å². The predicted molar refractivity (Wildman–Crippen MR) is 98.0 cm³/mol. The summed E-state index contributed by atoms with van der Waals surface area (Å²) in [5, 5.41) is 13.8. The Balaban J connectivity index is 1.62. The fraction of sp³-hybridized carbons (Fsp3) is 0.389. The monoisotopic (exact) mass is 374 g/mol. The van der Waals surface area contributed by atoms with E-state index in [1.165, 1.54) is 40.0 Å². The second-order valence-corrected chi connectivity index (χ2v) is 8.27. The van der Waals surface area contributed by atoms with Gasteiger partial charge in [0.1, 0.15) is 15.9 Å². The maximum absolute atomic E-state index is 12.3. The highest BCUT2D eigenvalue weighted by Gasteiger charge is 2.24. The van der Waals surface area contributed by atoms with E-state index in [9.17, 15) is 9.59 Å². The van der Waals surface area contributed by atoms with Crippen molar-refractivity contribution in [2.24, 2.45) is 5.92 Å². The van der Waals surface area contributed by atoms with Crippen LogP contribution < -0.4 is 5.32 Å². The Morgan fingerprint density at radius 2 is 2.28 bits per heavy atom. The molecule has 0 spiro atoms. The minimum atomic E-state index is -0.931. The second kappa shape index (κ2) is 7.38. The van der Waals surface area contributed by atoms with Gasteiger partial charge in [-0.05, 0) is 55.2 Å². The number of nitrogens with zero attached hydrogens (tertiary/aromatic N) is 1. The van der Waals surface area contributed by atoms with Crippen LogP contribution in [0.1, 0.15) is 45.9 Å². The minimum absolute atomic E-state index is 0.400. The van der Waals surface area contributed by atoms with Crippen molar-refractivity contribution in [3.63, 3.8) is 0 Å². The standard InChI is InChI=1S/C18H18N2O3S2/c1-10-3-4-14-13(7-10)8-15(25-14)18(22)23-11(2)16(21)20-17-12(9-19)5-6-24-17/h5-6,8,10-11H,3-4,7H2,1-2H3,(H,20,21)/t10-,11-/m0/s1. The van der Waals surface area contributed by atoms with Crippen molar-refractivity contribution in [2.45, 2.75) is 39.2 Å². The van der Waals surface area contributed by atoms with E-state index >= 15 is 0 Å². The van der Waals surface area contributed by atoms with Crippen LogP contribution >= 0.6 is 22.7 Å². The summed E-state index contributed by atoms with van der Waals surface area (Å²) in [6.07, 6.45) is 2.20. The molecule has 1 amide bonds. The number of nitriles is 1. The zero-order chi connectivity index (χ0) is 18.0. The summed E-state index contributed by atoms with van der Waals surface area (Å²) in [6.45, 7) is 3.74. The molecule has 0 unspecified atom stereocenters. The van der Waals surface area contributed by atoms with Crippen LogP contribution in [0.4, 0.5) is 5.00 Å². The molecular formula is C18H18N2O3S2. The summed E-state index contributed by atoms with van der Waals surface area (Å²) in [4.78, 5) is 26.3. The molecule has 0 aromatic carbocycles. The van der Waals surface area contributed by atoms with Gasteiger partial charge in [0.2, 0.25) is 0 Å². The quantitative estimate of drug-likeness (QED) is 0.821. The molecule has 1 aliphatic carbocycles. The zero-order valence-electron chi connectivity index (χ0n) is 14.0. The Labute approximate surface area is 154 Å². The molecule has 2 heterocycles. The fourth-order valence-electron chi connectivity index (χ4n) is 2.79. The van der Waals surface area contributed by atoms with Gasteiger partial charge in [0.25, 0.3) is 5.91 Å². The Morgan fingerprint density at radius 3 is 3.04 bits per heavy atom. The smallest absolute Gasteiger partial charge is 0.349 e. The van der Waals surface area contributed by atoms with E-state index in [-0.39, 0.29) is 0 Å². The van der Waals surface area contributed by atoms with Crippen LogP contribution in [-0.4, -0.2) is 18.0 Å². The first-order valence-electron chi connectivity index (χ1n) is 8.09. The third-order valence-electron chi connectivity index (χ3n) is 4.21. The van der Waals surface area contributed by atoms with E-state index in [2.05, 4.69) is 12.2 Å². The SMILES string of the molecule is C[C@H]1CCc2sc(C(=O)O[C@@H](C)C(=O)Nc3sccc3C#N)cc2C1. The van der Waals surface area contributed by atoms with Gasteiger partial charge >= 0.3 is 5.97 Å². The van der Waals surface area contributed by atoms with Crippen LogP contribution in [-0.2, 0) is 22.4 Å². The lowest BCUT2D eigenvalue weighted by Gasteiger charge is -2.16. The van der Waals surface area contributed by atoms with Gasteiger partial charge < -0.3 is 10.1 Å². The van der Waals surface area contributed by atoms with Crippen molar-refractivity contribution in [2.75, 3.05) is 5.32 Å². The number of aryl methyl sites for hydroxylation is 1. The van der Waals surface area contributed by atoms with Crippen LogP contribution in [0.5, 0.6) is 0 Å².